The van der Waals surface area contributed by atoms with E-state index in [2.05, 4.69) is 10.3 Å². The van der Waals surface area contributed by atoms with Gasteiger partial charge in [0.05, 0.1) is 11.5 Å². The highest BCUT2D eigenvalue weighted by molar-refractivity contribution is 5.80. The Morgan fingerprint density at radius 1 is 1.09 bits per heavy atom. The van der Waals surface area contributed by atoms with Crippen LogP contribution in [0.3, 0.4) is 0 Å². The summed E-state index contributed by atoms with van der Waals surface area (Å²) in [6, 6.07) is 3.95. The van der Waals surface area contributed by atoms with Gasteiger partial charge in [-0.15, -0.1) is 0 Å². The molecular weight excluding hydrogens is 280 g/mol. The summed E-state index contributed by atoms with van der Waals surface area (Å²) in [5.41, 5.74) is 0.894. The summed E-state index contributed by atoms with van der Waals surface area (Å²) in [7, 11) is 0. The highest BCUT2D eigenvalue weighted by atomic mass is 16.4. The third kappa shape index (κ3) is 2.85. The second-order valence-corrected chi connectivity index (χ2v) is 6.55. The first-order valence-electron chi connectivity index (χ1n) is 8.06. The molecule has 0 atom stereocenters. The van der Waals surface area contributed by atoms with E-state index >= 15 is 0 Å². The maximum Gasteiger partial charge on any atom is 0.306 e. The Morgan fingerprint density at radius 2 is 1.68 bits per heavy atom. The zero-order valence-electron chi connectivity index (χ0n) is 12.6. The SMILES string of the molecule is O=C(O)C1CCC(C(=O)NC2(c3ccncc3)CCC2)CC1. The number of carbonyl (C=O) groups excluding carboxylic acids is 1. The van der Waals surface area contributed by atoms with E-state index in [0.717, 1.165) is 24.8 Å². The van der Waals surface area contributed by atoms with Gasteiger partial charge in [0.2, 0.25) is 5.91 Å². The highest BCUT2D eigenvalue weighted by Gasteiger charge is 2.41. The zero-order chi connectivity index (χ0) is 15.6. The molecule has 2 fully saturated rings. The number of aromatic nitrogens is 1. The Kier molecular flexibility index (Phi) is 4.14. The average Bonchev–Trinajstić information content (AvgIpc) is 2.51. The molecular formula is C17H22N2O3. The number of nitrogens with one attached hydrogen (secondary N) is 1. The fourth-order valence-electron chi connectivity index (χ4n) is 3.63. The summed E-state index contributed by atoms with van der Waals surface area (Å²) in [6.07, 6.45) is 9.14. The summed E-state index contributed by atoms with van der Waals surface area (Å²) in [6.45, 7) is 0. The Labute approximate surface area is 130 Å². The molecule has 1 aromatic heterocycles. The number of amides is 1. The van der Waals surface area contributed by atoms with E-state index in [1.807, 2.05) is 12.1 Å². The lowest BCUT2D eigenvalue weighted by Crippen LogP contribution is -2.52. The Bertz CT molecular complexity index is 546. The van der Waals surface area contributed by atoms with Gasteiger partial charge < -0.3 is 10.4 Å². The number of pyridine rings is 1. The predicted octanol–water partition coefficient (Wildman–Crippen LogP) is 2.47. The van der Waals surface area contributed by atoms with Crippen molar-refractivity contribution in [3.05, 3.63) is 30.1 Å². The van der Waals surface area contributed by atoms with Crippen LogP contribution in [0, 0.1) is 11.8 Å². The molecule has 2 aliphatic rings. The molecule has 0 aromatic carbocycles. The van der Waals surface area contributed by atoms with Crippen LogP contribution in [0.1, 0.15) is 50.5 Å². The Morgan fingerprint density at radius 3 is 2.18 bits per heavy atom. The van der Waals surface area contributed by atoms with Gasteiger partial charge >= 0.3 is 5.97 Å². The fraction of sp³-hybridized carbons (Fsp3) is 0.588. The van der Waals surface area contributed by atoms with Gasteiger partial charge in [-0.2, -0.15) is 0 Å². The van der Waals surface area contributed by atoms with Crippen molar-refractivity contribution in [1.29, 1.82) is 0 Å². The van der Waals surface area contributed by atoms with Crippen LogP contribution in [0.25, 0.3) is 0 Å². The van der Waals surface area contributed by atoms with Crippen molar-refractivity contribution < 1.29 is 14.7 Å². The van der Waals surface area contributed by atoms with Crippen LogP contribution in [0.5, 0.6) is 0 Å². The second-order valence-electron chi connectivity index (χ2n) is 6.55. The van der Waals surface area contributed by atoms with Crippen LogP contribution < -0.4 is 5.32 Å². The molecule has 0 spiro atoms. The van der Waals surface area contributed by atoms with Crippen LogP contribution >= 0.6 is 0 Å². The van der Waals surface area contributed by atoms with Gasteiger partial charge in [0, 0.05) is 18.3 Å². The average molecular weight is 302 g/mol. The second kappa shape index (κ2) is 6.07. The summed E-state index contributed by atoms with van der Waals surface area (Å²) in [4.78, 5) is 27.6. The molecule has 1 amide bonds. The molecule has 0 saturated heterocycles. The van der Waals surface area contributed by atoms with Crippen LogP contribution in [0.15, 0.2) is 24.5 Å². The maximum atomic E-state index is 12.6. The number of carbonyl (C=O) groups is 2. The largest absolute Gasteiger partial charge is 0.481 e. The normalized spacial score (nSPS) is 26.7. The van der Waals surface area contributed by atoms with E-state index < -0.39 is 5.97 Å². The number of carboxylic acids is 1. The van der Waals surface area contributed by atoms with Gasteiger partial charge in [-0.25, -0.2) is 0 Å². The van der Waals surface area contributed by atoms with E-state index in [4.69, 9.17) is 5.11 Å². The first kappa shape index (κ1) is 15.0. The highest BCUT2D eigenvalue weighted by Crippen LogP contribution is 2.41. The van der Waals surface area contributed by atoms with E-state index in [0.29, 0.717) is 25.7 Å². The molecule has 0 unspecified atom stereocenters. The lowest BCUT2D eigenvalue weighted by Gasteiger charge is -2.44. The monoisotopic (exact) mass is 302 g/mol. The van der Waals surface area contributed by atoms with Crippen molar-refractivity contribution in [2.45, 2.75) is 50.5 Å². The van der Waals surface area contributed by atoms with Crippen LogP contribution in [-0.2, 0) is 15.1 Å². The van der Waals surface area contributed by atoms with Crippen LogP contribution in [0.2, 0.25) is 0 Å². The molecule has 0 bridgehead atoms. The first-order valence-corrected chi connectivity index (χ1v) is 8.06. The number of carboxylic acid groups (broad SMARTS) is 1. The van der Waals surface area contributed by atoms with Gasteiger partial charge in [0.15, 0.2) is 0 Å². The minimum atomic E-state index is -0.730. The Balaban J connectivity index is 1.63. The summed E-state index contributed by atoms with van der Waals surface area (Å²) >= 11 is 0. The summed E-state index contributed by atoms with van der Waals surface area (Å²) in [5.74, 6) is -0.969. The molecule has 2 aliphatic carbocycles. The zero-order valence-corrected chi connectivity index (χ0v) is 12.6. The lowest BCUT2D eigenvalue weighted by atomic mass is 9.71. The van der Waals surface area contributed by atoms with Crippen molar-refractivity contribution in [2.75, 3.05) is 0 Å². The molecule has 5 heteroatoms. The molecule has 0 radical (unpaired) electrons. The third-order valence-corrected chi connectivity index (χ3v) is 5.25. The predicted molar refractivity (Wildman–Crippen MR) is 81.0 cm³/mol. The van der Waals surface area contributed by atoms with Crippen molar-refractivity contribution in [3.8, 4) is 0 Å². The minimum absolute atomic E-state index is 0.0464. The van der Waals surface area contributed by atoms with Crippen molar-refractivity contribution in [2.24, 2.45) is 11.8 Å². The van der Waals surface area contributed by atoms with E-state index in [9.17, 15) is 9.59 Å². The maximum absolute atomic E-state index is 12.6. The molecule has 2 saturated carbocycles. The van der Waals surface area contributed by atoms with Gasteiger partial charge in [-0.05, 0) is 62.6 Å². The minimum Gasteiger partial charge on any atom is -0.481 e. The molecule has 2 N–H and O–H groups in total. The number of hydrogen-bond acceptors (Lipinski definition) is 3. The van der Waals surface area contributed by atoms with Gasteiger partial charge in [-0.1, -0.05) is 0 Å². The van der Waals surface area contributed by atoms with Crippen molar-refractivity contribution >= 4 is 11.9 Å². The molecule has 1 heterocycles. The lowest BCUT2D eigenvalue weighted by molar-refractivity contribution is -0.144. The quantitative estimate of drug-likeness (QED) is 0.895. The van der Waals surface area contributed by atoms with Gasteiger partial charge in [0.25, 0.3) is 0 Å². The number of aliphatic carboxylic acids is 1. The summed E-state index contributed by atoms with van der Waals surface area (Å²) < 4.78 is 0. The van der Waals surface area contributed by atoms with E-state index in [1.165, 1.54) is 0 Å². The van der Waals surface area contributed by atoms with Crippen LogP contribution in [-0.4, -0.2) is 22.0 Å². The van der Waals surface area contributed by atoms with Gasteiger partial charge in [-0.3, -0.25) is 14.6 Å². The number of hydrogen-bond donors (Lipinski definition) is 2. The van der Waals surface area contributed by atoms with E-state index in [1.54, 1.807) is 12.4 Å². The van der Waals surface area contributed by atoms with Crippen molar-refractivity contribution in [3.63, 3.8) is 0 Å². The third-order valence-electron chi connectivity index (χ3n) is 5.25. The molecule has 0 aliphatic heterocycles. The first-order chi connectivity index (χ1) is 10.6. The smallest absolute Gasteiger partial charge is 0.306 e. The van der Waals surface area contributed by atoms with Crippen molar-refractivity contribution in [1.82, 2.24) is 10.3 Å². The molecule has 22 heavy (non-hydrogen) atoms. The number of nitrogens with zero attached hydrogens (tertiary/aromatic N) is 1. The fourth-order valence-corrected chi connectivity index (χ4v) is 3.63. The van der Waals surface area contributed by atoms with Gasteiger partial charge in [0.1, 0.15) is 0 Å². The molecule has 5 nitrogen and oxygen atoms in total. The van der Waals surface area contributed by atoms with E-state index in [-0.39, 0.29) is 23.3 Å². The topological polar surface area (TPSA) is 79.3 Å². The molecule has 3 rings (SSSR count). The Hall–Kier alpha value is -1.91. The molecule has 118 valence electrons. The van der Waals surface area contributed by atoms with Crippen LogP contribution in [0.4, 0.5) is 0 Å². The number of rotatable bonds is 4. The summed E-state index contributed by atoms with van der Waals surface area (Å²) in [5, 5.41) is 12.3. The standard InChI is InChI=1S/C17H22N2O3/c20-15(12-2-4-13(5-3-12)16(21)22)19-17(8-1-9-17)14-6-10-18-11-7-14/h6-7,10-13H,1-5,8-9H2,(H,19,20)(H,21,22). The molecule has 1 aromatic rings.